The van der Waals surface area contributed by atoms with E-state index in [0.717, 1.165) is 0 Å². The predicted octanol–water partition coefficient (Wildman–Crippen LogP) is 2.68. The molecule has 1 saturated carbocycles. The van der Waals surface area contributed by atoms with Gasteiger partial charge in [-0.1, -0.05) is 13.8 Å². The van der Waals surface area contributed by atoms with Gasteiger partial charge in [0.15, 0.2) is 5.83 Å². The Hall–Kier alpha value is -0.800. The number of Topliss-reactive ketones (excluding diaryl/α,β-unsaturated/α-hetero) is 1. The number of allylic oxidation sites excluding steroid dienone is 1. The average Bonchev–Trinajstić information content (AvgIpc) is 1.98. The Morgan fingerprint density at radius 1 is 1.42 bits per heavy atom. The molecule has 0 aromatic rings. The number of hydrogen-bond acceptors (Lipinski definition) is 1. The van der Waals surface area contributed by atoms with Crippen molar-refractivity contribution >= 4 is 5.78 Å². The Balaban J connectivity index is 2.84. The molecule has 0 aromatic carbocycles. The standard InChI is InChI=1S/C8H9F3O/c1-8(2)4(3-5(8)12)6(9)7(10)11/h4H,3H2,1-2H3. The van der Waals surface area contributed by atoms with Gasteiger partial charge >= 0.3 is 6.08 Å². The molecule has 1 aliphatic carbocycles. The molecule has 0 radical (unpaired) electrons. The van der Waals surface area contributed by atoms with Crippen LogP contribution in [-0.4, -0.2) is 5.78 Å². The van der Waals surface area contributed by atoms with Crippen LogP contribution in [0.2, 0.25) is 0 Å². The lowest BCUT2D eigenvalue weighted by atomic mass is 9.61. The molecule has 0 bridgehead atoms. The minimum Gasteiger partial charge on any atom is -0.299 e. The van der Waals surface area contributed by atoms with Gasteiger partial charge in [0.05, 0.1) is 0 Å². The fourth-order valence-corrected chi connectivity index (χ4v) is 1.30. The third kappa shape index (κ3) is 1.15. The van der Waals surface area contributed by atoms with Crippen LogP contribution in [0.4, 0.5) is 13.2 Å². The van der Waals surface area contributed by atoms with E-state index in [9.17, 15) is 18.0 Å². The highest BCUT2D eigenvalue weighted by molar-refractivity contribution is 5.91. The monoisotopic (exact) mass is 178 g/mol. The molecule has 1 aliphatic rings. The van der Waals surface area contributed by atoms with Crippen LogP contribution < -0.4 is 0 Å². The summed E-state index contributed by atoms with van der Waals surface area (Å²) in [7, 11) is 0. The molecule has 12 heavy (non-hydrogen) atoms. The molecular weight excluding hydrogens is 169 g/mol. The molecule has 0 aromatic heterocycles. The zero-order chi connectivity index (χ0) is 9.52. The molecule has 1 nitrogen and oxygen atoms in total. The van der Waals surface area contributed by atoms with E-state index in [1.54, 1.807) is 0 Å². The molecule has 0 aliphatic heterocycles. The summed E-state index contributed by atoms with van der Waals surface area (Å²) in [5.41, 5.74) is -0.951. The van der Waals surface area contributed by atoms with Crippen molar-refractivity contribution < 1.29 is 18.0 Å². The average molecular weight is 178 g/mol. The van der Waals surface area contributed by atoms with Crippen molar-refractivity contribution in [3.8, 4) is 0 Å². The highest BCUT2D eigenvalue weighted by atomic mass is 19.3. The van der Waals surface area contributed by atoms with Crippen molar-refractivity contribution in [3.05, 3.63) is 11.9 Å². The van der Waals surface area contributed by atoms with Crippen molar-refractivity contribution in [2.45, 2.75) is 20.3 Å². The molecule has 0 heterocycles. The number of carbonyl (C=O) groups excluding carboxylic acids is 1. The molecule has 68 valence electrons. The zero-order valence-electron chi connectivity index (χ0n) is 6.83. The van der Waals surface area contributed by atoms with Gasteiger partial charge in [-0.05, 0) is 0 Å². The Morgan fingerprint density at radius 3 is 2.17 bits per heavy atom. The smallest absolute Gasteiger partial charge is 0.299 e. The molecule has 0 N–H and O–H groups in total. The van der Waals surface area contributed by atoms with E-state index in [2.05, 4.69) is 0 Å². The summed E-state index contributed by atoms with van der Waals surface area (Å²) in [4.78, 5) is 10.9. The van der Waals surface area contributed by atoms with Gasteiger partial charge in [-0.2, -0.15) is 8.78 Å². The van der Waals surface area contributed by atoms with E-state index in [4.69, 9.17) is 0 Å². The van der Waals surface area contributed by atoms with Crippen LogP contribution in [0.25, 0.3) is 0 Å². The normalized spacial score (nSPS) is 26.4. The van der Waals surface area contributed by atoms with Crippen molar-refractivity contribution in [1.29, 1.82) is 0 Å². The number of hydrogen-bond donors (Lipinski definition) is 0. The Labute approximate surface area is 68.3 Å². The zero-order valence-corrected chi connectivity index (χ0v) is 6.83. The lowest BCUT2D eigenvalue weighted by molar-refractivity contribution is -0.141. The van der Waals surface area contributed by atoms with Crippen LogP contribution in [0.3, 0.4) is 0 Å². The lowest BCUT2D eigenvalue weighted by Gasteiger charge is -2.40. The second-order valence-electron chi connectivity index (χ2n) is 3.51. The Kier molecular flexibility index (Phi) is 2.02. The first kappa shape index (κ1) is 9.29. The quantitative estimate of drug-likeness (QED) is 0.603. The largest absolute Gasteiger partial charge is 0.301 e. The number of carbonyl (C=O) groups is 1. The summed E-state index contributed by atoms with van der Waals surface area (Å²) in [6.45, 7) is 2.96. The Bertz CT molecular complexity index is 251. The van der Waals surface area contributed by atoms with Crippen LogP contribution >= 0.6 is 0 Å². The maximum absolute atomic E-state index is 12.6. The second-order valence-corrected chi connectivity index (χ2v) is 3.51. The van der Waals surface area contributed by atoms with Gasteiger partial charge in [0.25, 0.3) is 0 Å². The van der Waals surface area contributed by atoms with Gasteiger partial charge in [0.1, 0.15) is 5.78 Å². The van der Waals surface area contributed by atoms with E-state index in [1.165, 1.54) is 13.8 Å². The van der Waals surface area contributed by atoms with Crippen molar-refractivity contribution in [1.82, 2.24) is 0 Å². The summed E-state index contributed by atoms with van der Waals surface area (Å²) in [5.74, 6) is -2.52. The lowest BCUT2D eigenvalue weighted by Crippen LogP contribution is -2.45. The predicted molar refractivity (Wildman–Crippen MR) is 37.2 cm³/mol. The van der Waals surface area contributed by atoms with E-state index in [0.29, 0.717) is 0 Å². The molecule has 0 spiro atoms. The molecule has 0 amide bonds. The molecule has 4 heteroatoms. The van der Waals surface area contributed by atoms with Gasteiger partial charge in [-0.15, -0.1) is 0 Å². The first-order chi connectivity index (χ1) is 5.37. The summed E-state index contributed by atoms with van der Waals surface area (Å²) in [6, 6.07) is 0. The van der Waals surface area contributed by atoms with Crippen molar-refractivity contribution in [2.75, 3.05) is 0 Å². The van der Waals surface area contributed by atoms with E-state index < -0.39 is 23.2 Å². The van der Waals surface area contributed by atoms with Crippen molar-refractivity contribution in [3.63, 3.8) is 0 Å². The fourth-order valence-electron chi connectivity index (χ4n) is 1.30. The van der Waals surface area contributed by atoms with E-state index in [-0.39, 0.29) is 12.2 Å². The molecule has 1 atom stereocenters. The highest BCUT2D eigenvalue weighted by Gasteiger charge is 2.50. The van der Waals surface area contributed by atoms with E-state index >= 15 is 0 Å². The van der Waals surface area contributed by atoms with Gasteiger partial charge in [-0.25, -0.2) is 4.39 Å². The summed E-state index contributed by atoms with van der Waals surface area (Å²) < 4.78 is 36.1. The minimum atomic E-state index is -2.31. The van der Waals surface area contributed by atoms with Gasteiger partial charge < -0.3 is 0 Å². The van der Waals surface area contributed by atoms with Gasteiger partial charge in [0.2, 0.25) is 0 Å². The first-order valence-corrected chi connectivity index (χ1v) is 3.61. The topological polar surface area (TPSA) is 17.1 Å². The Morgan fingerprint density at radius 2 is 1.92 bits per heavy atom. The molecule has 1 fully saturated rings. The van der Waals surface area contributed by atoms with Crippen LogP contribution in [0.1, 0.15) is 20.3 Å². The van der Waals surface area contributed by atoms with Gasteiger partial charge in [-0.3, -0.25) is 4.79 Å². The first-order valence-electron chi connectivity index (χ1n) is 3.61. The van der Waals surface area contributed by atoms with Crippen LogP contribution in [0.5, 0.6) is 0 Å². The number of halogens is 3. The molecule has 0 saturated heterocycles. The summed E-state index contributed by atoms with van der Waals surface area (Å²) in [6.07, 6.45) is -2.41. The number of ketones is 1. The summed E-state index contributed by atoms with van der Waals surface area (Å²) >= 11 is 0. The minimum absolute atomic E-state index is 0.101. The van der Waals surface area contributed by atoms with Crippen LogP contribution in [0, 0.1) is 11.3 Å². The maximum atomic E-state index is 12.6. The molecule has 1 rings (SSSR count). The third-order valence-corrected chi connectivity index (χ3v) is 2.47. The third-order valence-electron chi connectivity index (χ3n) is 2.47. The van der Waals surface area contributed by atoms with Crippen molar-refractivity contribution in [2.24, 2.45) is 11.3 Å². The highest BCUT2D eigenvalue weighted by Crippen LogP contribution is 2.48. The number of rotatable bonds is 1. The van der Waals surface area contributed by atoms with Crippen LogP contribution in [-0.2, 0) is 4.79 Å². The SMILES string of the molecule is CC1(C)C(=O)CC1C(F)=C(F)F. The molecular formula is C8H9F3O. The van der Waals surface area contributed by atoms with E-state index in [1.807, 2.05) is 0 Å². The second kappa shape index (κ2) is 2.61. The molecule has 1 unspecified atom stereocenters. The summed E-state index contributed by atoms with van der Waals surface area (Å²) in [5, 5.41) is 0. The van der Waals surface area contributed by atoms with Gasteiger partial charge in [0, 0.05) is 17.8 Å². The fraction of sp³-hybridized carbons (Fsp3) is 0.625. The van der Waals surface area contributed by atoms with Crippen LogP contribution in [0.15, 0.2) is 11.9 Å². The maximum Gasteiger partial charge on any atom is 0.301 e.